The van der Waals surface area contributed by atoms with Gasteiger partial charge in [0.05, 0.1) is 0 Å². The number of nitrogens with two attached hydrogens (primary N) is 2. The van der Waals surface area contributed by atoms with E-state index in [0.717, 1.165) is 25.7 Å². The Hall–Kier alpha value is -0.600. The van der Waals surface area contributed by atoms with Gasteiger partial charge in [0.25, 0.3) is 0 Å². The fraction of sp³-hybridized carbons (Fsp3) is 0.600. The smallest absolute Gasteiger partial charge is 0.0108 e. The quantitative estimate of drug-likeness (QED) is 0.533. The zero-order valence-electron chi connectivity index (χ0n) is 7.45. The minimum Gasteiger partial charge on any atom is -0.327 e. The Labute approximate surface area is 74.3 Å². The molecule has 0 atom stereocenters. The third-order valence-corrected chi connectivity index (χ3v) is 2.09. The number of hydrogen-bond acceptors (Lipinski definition) is 2. The molecule has 0 saturated carbocycles. The van der Waals surface area contributed by atoms with Crippen molar-refractivity contribution in [3.63, 3.8) is 0 Å². The second-order valence-electron chi connectivity index (χ2n) is 3.41. The molecule has 0 unspecified atom stereocenters. The first-order valence-electron chi connectivity index (χ1n) is 4.60. The summed E-state index contributed by atoms with van der Waals surface area (Å²) in [6.45, 7) is 0. The maximum atomic E-state index is 5.83. The number of rotatable bonds is 0. The van der Waals surface area contributed by atoms with E-state index in [1.165, 1.54) is 0 Å². The molecule has 0 aromatic rings. The van der Waals surface area contributed by atoms with Crippen LogP contribution in [0.25, 0.3) is 0 Å². The summed E-state index contributed by atoms with van der Waals surface area (Å²) in [7, 11) is 0. The van der Waals surface area contributed by atoms with Crippen molar-refractivity contribution in [3.05, 3.63) is 24.3 Å². The van der Waals surface area contributed by atoms with Crippen LogP contribution in [-0.2, 0) is 0 Å². The minimum absolute atomic E-state index is 0.284. The zero-order chi connectivity index (χ0) is 8.81. The van der Waals surface area contributed by atoms with Gasteiger partial charge in [-0.25, -0.2) is 0 Å². The fourth-order valence-corrected chi connectivity index (χ4v) is 1.28. The predicted molar refractivity (Wildman–Crippen MR) is 52.7 cm³/mol. The van der Waals surface area contributed by atoms with E-state index in [-0.39, 0.29) is 12.1 Å². The van der Waals surface area contributed by atoms with Gasteiger partial charge in [0.1, 0.15) is 0 Å². The average Bonchev–Trinajstić information content (AvgIpc) is 2.06. The number of hydrogen-bond donors (Lipinski definition) is 2. The lowest BCUT2D eigenvalue weighted by molar-refractivity contribution is 0.659. The molecule has 0 aliphatic heterocycles. The molecule has 0 fully saturated rings. The normalized spacial score (nSPS) is 31.8. The molecule has 0 aromatic carbocycles. The summed E-state index contributed by atoms with van der Waals surface area (Å²) in [4.78, 5) is 0. The van der Waals surface area contributed by atoms with Gasteiger partial charge in [-0.15, -0.1) is 0 Å². The molecule has 4 N–H and O–H groups in total. The van der Waals surface area contributed by atoms with Crippen molar-refractivity contribution in [1.29, 1.82) is 0 Å². The largest absolute Gasteiger partial charge is 0.327 e. The maximum Gasteiger partial charge on any atom is 0.0108 e. The van der Waals surface area contributed by atoms with Gasteiger partial charge in [-0.1, -0.05) is 24.3 Å². The van der Waals surface area contributed by atoms with Gasteiger partial charge in [0, 0.05) is 12.1 Å². The SMILES string of the molecule is NC1CC=CCC(N)CC=CC1. The highest BCUT2D eigenvalue weighted by Crippen LogP contribution is 2.05. The van der Waals surface area contributed by atoms with Crippen LogP contribution < -0.4 is 11.5 Å². The minimum atomic E-state index is 0.284. The van der Waals surface area contributed by atoms with Gasteiger partial charge in [-0.3, -0.25) is 0 Å². The van der Waals surface area contributed by atoms with E-state index in [2.05, 4.69) is 24.3 Å². The van der Waals surface area contributed by atoms with Crippen LogP contribution in [0, 0.1) is 0 Å². The van der Waals surface area contributed by atoms with Crippen molar-refractivity contribution in [2.24, 2.45) is 11.5 Å². The highest BCUT2D eigenvalue weighted by Gasteiger charge is 2.00. The molecule has 1 aliphatic carbocycles. The first-order valence-corrected chi connectivity index (χ1v) is 4.60. The van der Waals surface area contributed by atoms with Crippen molar-refractivity contribution >= 4 is 0 Å². The molecule has 0 radical (unpaired) electrons. The topological polar surface area (TPSA) is 52.0 Å². The first-order chi connectivity index (χ1) is 5.79. The lowest BCUT2D eigenvalue weighted by Crippen LogP contribution is -2.20. The summed E-state index contributed by atoms with van der Waals surface area (Å²) in [5, 5.41) is 0. The van der Waals surface area contributed by atoms with E-state index in [1.807, 2.05) is 0 Å². The molecule has 0 bridgehead atoms. The first kappa shape index (κ1) is 9.49. The van der Waals surface area contributed by atoms with Crippen molar-refractivity contribution in [3.8, 4) is 0 Å². The van der Waals surface area contributed by atoms with Crippen LogP contribution in [0.3, 0.4) is 0 Å². The second kappa shape index (κ2) is 5.12. The van der Waals surface area contributed by atoms with Crippen LogP contribution in [0.2, 0.25) is 0 Å². The molecule has 0 heterocycles. The van der Waals surface area contributed by atoms with Crippen LogP contribution in [0.15, 0.2) is 24.3 Å². The van der Waals surface area contributed by atoms with Gasteiger partial charge in [0.2, 0.25) is 0 Å². The van der Waals surface area contributed by atoms with Crippen molar-refractivity contribution < 1.29 is 0 Å². The van der Waals surface area contributed by atoms with Crippen LogP contribution in [-0.4, -0.2) is 12.1 Å². The maximum absolute atomic E-state index is 5.83. The Morgan fingerprint density at radius 1 is 0.667 bits per heavy atom. The second-order valence-corrected chi connectivity index (χ2v) is 3.41. The fourth-order valence-electron chi connectivity index (χ4n) is 1.28. The molecular formula is C10H18N2. The third-order valence-electron chi connectivity index (χ3n) is 2.09. The summed E-state index contributed by atoms with van der Waals surface area (Å²) in [6, 6.07) is 0.568. The van der Waals surface area contributed by atoms with Crippen LogP contribution in [0.5, 0.6) is 0 Å². The molecule has 0 saturated heterocycles. The van der Waals surface area contributed by atoms with Crippen molar-refractivity contribution in [2.75, 3.05) is 0 Å². The predicted octanol–water partition coefficient (Wildman–Crippen LogP) is 1.33. The van der Waals surface area contributed by atoms with E-state index < -0.39 is 0 Å². The summed E-state index contributed by atoms with van der Waals surface area (Å²) in [5.74, 6) is 0. The molecule has 0 spiro atoms. The van der Waals surface area contributed by atoms with E-state index in [9.17, 15) is 0 Å². The Balaban J connectivity index is 2.43. The lowest BCUT2D eigenvalue weighted by Gasteiger charge is -2.09. The van der Waals surface area contributed by atoms with Crippen molar-refractivity contribution in [1.82, 2.24) is 0 Å². The molecule has 0 aromatic heterocycles. The van der Waals surface area contributed by atoms with Gasteiger partial charge in [-0.2, -0.15) is 0 Å². The molecule has 0 amide bonds. The molecule has 12 heavy (non-hydrogen) atoms. The van der Waals surface area contributed by atoms with E-state index in [1.54, 1.807) is 0 Å². The van der Waals surface area contributed by atoms with Crippen LogP contribution in [0.4, 0.5) is 0 Å². The van der Waals surface area contributed by atoms with E-state index in [4.69, 9.17) is 11.5 Å². The Kier molecular flexibility index (Phi) is 4.05. The van der Waals surface area contributed by atoms with Gasteiger partial charge >= 0.3 is 0 Å². The molecule has 2 heteroatoms. The van der Waals surface area contributed by atoms with Gasteiger partial charge in [-0.05, 0) is 25.7 Å². The monoisotopic (exact) mass is 166 g/mol. The summed E-state index contributed by atoms with van der Waals surface area (Å²) >= 11 is 0. The summed E-state index contributed by atoms with van der Waals surface area (Å²) in [6.07, 6.45) is 12.4. The average molecular weight is 166 g/mol. The highest BCUT2D eigenvalue weighted by atomic mass is 14.6. The van der Waals surface area contributed by atoms with Gasteiger partial charge < -0.3 is 11.5 Å². The molecular weight excluding hydrogens is 148 g/mol. The lowest BCUT2D eigenvalue weighted by atomic mass is 10.0. The molecule has 68 valence electrons. The van der Waals surface area contributed by atoms with Crippen LogP contribution in [0.1, 0.15) is 25.7 Å². The standard InChI is InChI=1S/C10H18N2/c11-9-5-1-2-6-10(12)8-4-3-7-9/h1-4,9-10H,5-8,11-12H2. The van der Waals surface area contributed by atoms with E-state index >= 15 is 0 Å². The molecule has 2 nitrogen and oxygen atoms in total. The van der Waals surface area contributed by atoms with E-state index in [0.29, 0.717) is 0 Å². The Morgan fingerprint density at radius 2 is 0.917 bits per heavy atom. The summed E-state index contributed by atoms with van der Waals surface area (Å²) in [5.41, 5.74) is 11.7. The summed E-state index contributed by atoms with van der Waals surface area (Å²) < 4.78 is 0. The van der Waals surface area contributed by atoms with Gasteiger partial charge in [0.15, 0.2) is 0 Å². The molecule has 1 aliphatic rings. The Bertz CT molecular complexity index is 137. The Morgan fingerprint density at radius 3 is 1.17 bits per heavy atom. The zero-order valence-corrected chi connectivity index (χ0v) is 7.45. The molecule has 1 rings (SSSR count). The third kappa shape index (κ3) is 3.69. The highest BCUT2D eigenvalue weighted by molar-refractivity contribution is 4.96. The van der Waals surface area contributed by atoms with Crippen LogP contribution >= 0.6 is 0 Å². The van der Waals surface area contributed by atoms with Crippen molar-refractivity contribution in [2.45, 2.75) is 37.8 Å².